The molecule has 1 heterocycles. The van der Waals surface area contributed by atoms with E-state index in [0.29, 0.717) is 17.3 Å². The third-order valence-corrected chi connectivity index (χ3v) is 4.08. The maximum absolute atomic E-state index is 12.1. The number of rotatable bonds is 3. The van der Waals surface area contributed by atoms with Crippen molar-refractivity contribution in [2.75, 3.05) is 5.73 Å². The molecule has 4 nitrogen and oxygen atoms in total. The molecule has 0 spiro atoms. The van der Waals surface area contributed by atoms with Gasteiger partial charge in [-0.15, -0.1) is 0 Å². The van der Waals surface area contributed by atoms with E-state index in [1.54, 1.807) is 18.3 Å². The average Bonchev–Trinajstić information content (AvgIpc) is 2.42. The number of nitrogens with zero attached hydrogens (tertiary/aromatic N) is 1. The monoisotopic (exact) mass is 301 g/mol. The van der Waals surface area contributed by atoms with Gasteiger partial charge in [-0.25, -0.2) is 4.98 Å². The molecule has 3 rings (SSSR count). The largest absolute Gasteiger partial charge is 0.397 e. The van der Waals surface area contributed by atoms with Gasteiger partial charge < -0.3 is 11.1 Å². The first-order valence-corrected chi connectivity index (χ1v) is 7.28. The quantitative estimate of drug-likeness (QED) is 0.915. The molecule has 1 amide bonds. The fraction of sp³-hybridized carbons (Fsp3) is 0.250. The summed E-state index contributed by atoms with van der Waals surface area (Å²) in [7, 11) is 0. The Morgan fingerprint density at radius 3 is 2.81 bits per heavy atom. The third kappa shape index (κ3) is 3.00. The van der Waals surface area contributed by atoms with E-state index in [0.717, 1.165) is 17.9 Å². The van der Waals surface area contributed by atoms with E-state index in [1.165, 1.54) is 5.56 Å². The minimum absolute atomic E-state index is 0.169. The fourth-order valence-electron chi connectivity index (χ4n) is 2.63. The van der Waals surface area contributed by atoms with Crippen LogP contribution in [-0.4, -0.2) is 16.9 Å². The Morgan fingerprint density at radius 1 is 1.29 bits per heavy atom. The van der Waals surface area contributed by atoms with Gasteiger partial charge >= 0.3 is 0 Å². The summed E-state index contributed by atoms with van der Waals surface area (Å²) >= 11 is 6.00. The maximum Gasteiger partial charge on any atom is 0.272 e. The summed E-state index contributed by atoms with van der Waals surface area (Å²) < 4.78 is 0. The van der Waals surface area contributed by atoms with Crippen molar-refractivity contribution in [2.45, 2.75) is 24.8 Å². The molecule has 1 aromatic heterocycles. The summed E-state index contributed by atoms with van der Waals surface area (Å²) in [6.45, 7) is 0. The second-order valence-corrected chi connectivity index (χ2v) is 5.77. The first-order chi connectivity index (χ1) is 10.1. The predicted octanol–water partition coefficient (Wildman–Crippen LogP) is 2.99. The van der Waals surface area contributed by atoms with Crippen molar-refractivity contribution in [3.63, 3.8) is 0 Å². The van der Waals surface area contributed by atoms with E-state index < -0.39 is 0 Å². The van der Waals surface area contributed by atoms with Gasteiger partial charge in [0.1, 0.15) is 0 Å². The normalized spacial score (nSPS) is 20.6. The molecule has 21 heavy (non-hydrogen) atoms. The van der Waals surface area contributed by atoms with Gasteiger partial charge in [0, 0.05) is 17.3 Å². The van der Waals surface area contributed by atoms with Gasteiger partial charge in [0.05, 0.1) is 5.69 Å². The van der Waals surface area contributed by atoms with Crippen LogP contribution in [0.15, 0.2) is 42.6 Å². The Kier molecular flexibility index (Phi) is 3.80. The summed E-state index contributed by atoms with van der Waals surface area (Å²) in [6.07, 6.45) is 3.40. The lowest BCUT2D eigenvalue weighted by Crippen LogP contribution is -2.43. The molecule has 0 saturated heterocycles. The second kappa shape index (κ2) is 5.74. The smallest absolute Gasteiger partial charge is 0.272 e. The first kappa shape index (κ1) is 13.9. The molecule has 2 aromatic rings. The van der Waals surface area contributed by atoms with Crippen LogP contribution in [0, 0.1) is 0 Å². The van der Waals surface area contributed by atoms with Crippen LogP contribution in [0.3, 0.4) is 0 Å². The van der Waals surface area contributed by atoms with Gasteiger partial charge in [0.15, 0.2) is 5.69 Å². The summed E-state index contributed by atoms with van der Waals surface area (Å²) in [5.74, 6) is 0.248. The molecule has 0 bridgehead atoms. The molecule has 0 radical (unpaired) electrons. The third-order valence-electron chi connectivity index (χ3n) is 3.85. The number of hydrogen-bond acceptors (Lipinski definition) is 3. The predicted molar refractivity (Wildman–Crippen MR) is 83.3 cm³/mol. The van der Waals surface area contributed by atoms with Gasteiger partial charge in [-0.3, -0.25) is 4.79 Å². The van der Waals surface area contributed by atoms with E-state index in [1.807, 2.05) is 18.2 Å². The number of hydrogen-bond donors (Lipinski definition) is 2. The Labute approximate surface area is 128 Å². The molecule has 0 aliphatic heterocycles. The average molecular weight is 302 g/mol. The molecule has 1 aliphatic rings. The molecule has 1 saturated carbocycles. The zero-order valence-electron chi connectivity index (χ0n) is 11.4. The van der Waals surface area contributed by atoms with E-state index in [2.05, 4.69) is 16.4 Å². The number of benzene rings is 1. The zero-order chi connectivity index (χ0) is 14.8. The minimum atomic E-state index is -0.206. The lowest BCUT2D eigenvalue weighted by atomic mass is 9.76. The number of anilines is 1. The molecule has 108 valence electrons. The van der Waals surface area contributed by atoms with Crippen molar-refractivity contribution in [1.29, 1.82) is 0 Å². The maximum atomic E-state index is 12.1. The molecular formula is C16H16ClN3O. The van der Waals surface area contributed by atoms with Gasteiger partial charge in [-0.05, 0) is 48.6 Å². The van der Waals surface area contributed by atoms with Crippen LogP contribution in [0.4, 0.5) is 5.69 Å². The standard InChI is InChI=1S/C16H16ClN3O/c17-12-4-1-3-10(7-12)11-8-13(9-11)20-16(21)15-14(18)5-2-6-19-15/h1-7,11,13H,8-9,18H2,(H,20,21). The summed E-state index contributed by atoms with van der Waals surface area (Å²) in [5, 5.41) is 3.72. The molecule has 1 fully saturated rings. The molecule has 0 unspecified atom stereocenters. The van der Waals surface area contributed by atoms with E-state index in [4.69, 9.17) is 17.3 Å². The first-order valence-electron chi connectivity index (χ1n) is 6.90. The Balaban J connectivity index is 1.58. The second-order valence-electron chi connectivity index (χ2n) is 5.33. The van der Waals surface area contributed by atoms with Gasteiger partial charge in [-0.2, -0.15) is 0 Å². The number of nitrogen functional groups attached to an aromatic ring is 1. The highest BCUT2D eigenvalue weighted by Gasteiger charge is 2.32. The number of carbonyl (C=O) groups is 1. The SMILES string of the molecule is Nc1cccnc1C(=O)NC1CC(c2cccc(Cl)c2)C1. The van der Waals surface area contributed by atoms with Gasteiger partial charge in [-0.1, -0.05) is 23.7 Å². The summed E-state index contributed by atoms with van der Waals surface area (Å²) in [5.41, 5.74) is 7.68. The van der Waals surface area contributed by atoms with Gasteiger partial charge in [0.25, 0.3) is 5.91 Å². The molecule has 1 aromatic carbocycles. The van der Waals surface area contributed by atoms with Crippen molar-refractivity contribution < 1.29 is 4.79 Å². The number of carbonyl (C=O) groups excluding carboxylic acids is 1. The molecular weight excluding hydrogens is 286 g/mol. The van der Waals surface area contributed by atoms with E-state index in [9.17, 15) is 4.79 Å². The Hall–Kier alpha value is -2.07. The van der Waals surface area contributed by atoms with Crippen molar-refractivity contribution in [3.05, 3.63) is 58.9 Å². The molecule has 5 heteroatoms. The van der Waals surface area contributed by atoms with Crippen LogP contribution in [0.2, 0.25) is 5.02 Å². The lowest BCUT2D eigenvalue weighted by Gasteiger charge is -2.36. The van der Waals surface area contributed by atoms with E-state index >= 15 is 0 Å². The number of nitrogens with one attached hydrogen (secondary N) is 1. The van der Waals surface area contributed by atoms with Crippen molar-refractivity contribution in [3.8, 4) is 0 Å². The van der Waals surface area contributed by atoms with Crippen LogP contribution < -0.4 is 11.1 Å². The zero-order valence-corrected chi connectivity index (χ0v) is 12.2. The summed E-state index contributed by atoms with van der Waals surface area (Å²) in [6, 6.07) is 11.4. The summed E-state index contributed by atoms with van der Waals surface area (Å²) in [4.78, 5) is 16.1. The van der Waals surface area contributed by atoms with Crippen LogP contribution >= 0.6 is 11.6 Å². The molecule has 3 N–H and O–H groups in total. The highest BCUT2D eigenvalue weighted by Crippen LogP contribution is 2.37. The highest BCUT2D eigenvalue weighted by atomic mass is 35.5. The Morgan fingerprint density at radius 2 is 2.10 bits per heavy atom. The number of aromatic nitrogens is 1. The topological polar surface area (TPSA) is 68.0 Å². The number of nitrogens with two attached hydrogens (primary N) is 1. The number of halogens is 1. The number of amides is 1. The fourth-order valence-corrected chi connectivity index (χ4v) is 2.83. The van der Waals surface area contributed by atoms with Crippen LogP contribution in [0.25, 0.3) is 0 Å². The van der Waals surface area contributed by atoms with E-state index in [-0.39, 0.29) is 11.9 Å². The van der Waals surface area contributed by atoms with Crippen molar-refractivity contribution in [1.82, 2.24) is 10.3 Å². The van der Waals surface area contributed by atoms with Crippen LogP contribution in [0.5, 0.6) is 0 Å². The Bertz CT molecular complexity index is 668. The van der Waals surface area contributed by atoms with Crippen molar-refractivity contribution in [2.24, 2.45) is 0 Å². The minimum Gasteiger partial charge on any atom is -0.397 e. The van der Waals surface area contributed by atoms with Crippen LogP contribution in [-0.2, 0) is 0 Å². The van der Waals surface area contributed by atoms with Crippen LogP contribution in [0.1, 0.15) is 34.8 Å². The highest BCUT2D eigenvalue weighted by molar-refractivity contribution is 6.30. The number of pyridine rings is 1. The molecule has 0 atom stereocenters. The van der Waals surface area contributed by atoms with Gasteiger partial charge in [0.2, 0.25) is 0 Å². The lowest BCUT2D eigenvalue weighted by molar-refractivity contribution is 0.0905. The van der Waals surface area contributed by atoms with Crippen molar-refractivity contribution >= 4 is 23.2 Å². The molecule has 1 aliphatic carbocycles.